The van der Waals surface area contributed by atoms with Gasteiger partial charge in [0.15, 0.2) is 0 Å². The Hall–Kier alpha value is -2.08. The van der Waals surface area contributed by atoms with Crippen LogP contribution in [0.1, 0.15) is 103 Å². The molecule has 0 amide bonds. The van der Waals surface area contributed by atoms with Crippen LogP contribution in [0.4, 0.5) is 65.9 Å². The van der Waals surface area contributed by atoms with Gasteiger partial charge in [0, 0.05) is 5.57 Å². The highest BCUT2D eigenvalue weighted by Gasteiger charge is 2.95. The monoisotopic (exact) mass is 980 g/mol. The van der Waals surface area contributed by atoms with Crippen molar-refractivity contribution in [2.45, 2.75) is 174 Å². The van der Waals surface area contributed by atoms with E-state index in [0.717, 1.165) is 26.2 Å². The molecule has 12 bridgehead atoms. The summed E-state index contributed by atoms with van der Waals surface area (Å²) in [6, 6.07) is 0. The van der Waals surface area contributed by atoms with Crippen molar-refractivity contribution in [2.24, 2.45) is 71.0 Å². The van der Waals surface area contributed by atoms with Crippen LogP contribution in [0.15, 0.2) is 12.2 Å². The summed E-state index contributed by atoms with van der Waals surface area (Å²) in [6.07, 6.45) is -9.50. The van der Waals surface area contributed by atoms with Crippen LogP contribution in [0.25, 0.3) is 0 Å². The molecule has 12 saturated carbocycles. The molecule has 2 heterocycles. The molecule has 2 saturated heterocycles. The van der Waals surface area contributed by atoms with Gasteiger partial charge >= 0.3 is 59.6 Å². The van der Waals surface area contributed by atoms with Crippen LogP contribution >= 0.6 is 0 Å². The van der Waals surface area contributed by atoms with Gasteiger partial charge in [-0.3, -0.25) is 0 Å². The predicted molar refractivity (Wildman–Crippen MR) is 192 cm³/mol. The normalized spacial score (nSPS) is 48.5. The highest BCUT2D eigenvalue weighted by atomic mass is 19.4. The lowest BCUT2D eigenvalue weighted by atomic mass is 9.46. The van der Waals surface area contributed by atoms with Crippen LogP contribution in [0, 0.1) is 71.0 Å². The van der Waals surface area contributed by atoms with Gasteiger partial charge in [-0.2, -0.15) is 65.9 Å². The molecule has 2 unspecified atom stereocenters. The number of esters is 1. The van der Waals surface area contributed by atoms with Crippen molar-refractivity contribution < 1.29 is 105 Å². The second kappa shape index (κ2) is 14.3. The van der Waals surface area contributed by atoms with Crippen LogP contribution < -0.4 is 0 Å². The molecule has 12 aliphatic carbocycles. The fraction of sp³-hybridized carbons (Fsp3) is 0.930. The smallest absolute Gasteiger partial charge is 0.414 e. The second-order valence-corrected chi connectivity index (χ2v) is 21.8. The fourth-order valence-corrected chi connectivity index (χ4v) is 16.0. The minimum absolute atomic E-state index is 0.140. The first-order valence-electron chi connectivity index (χ1n) is 22.5. The Labute approximate surface area is 367 Å². The van der Waals surface area contributed by atoms with Crippen LogP contribution in [0.2, 0.25) is 0 Å². The predicted octanol–water partition coefficient (Wildman–Crippen LogP) is 9.37. The van der Waals surface area contributed by atoms with E-state index in [4.69, 9.17) is 14.9 Å². The molecule has 2 aliphatic heterocycles. The number of alkyl halides is 15. The lowest BCUT2D eigenvalue weighted by Gasteiger charge is -2.70. The quantitative estimate of drug-likeness (QED) is 0.0952. The maximum Gasteiger partial charge on any atom is 0.462 e. The van der Waals surface area contributed by atoms with Gasteiger partial charge in [0.1, 0.15) is 16.8 Å². The summed E-state index contributed by atoms with van der Waals surface area (Å²) in [6.45, 7) is 4.26. The summed E-state index contributed by atoms with van der Waals surface area (Å²) >= 11 is 0. The standard InChI is InChI=1S/C17H19F5O3.C13H17F5O3.C13H15F5O2/c1-8(2)13(23)24-16(17(20,21)22)15(18,19)14(25-16)11-4-9-3-10(6-11)7-12(14)5-9;14-11(15,12(20,21)13(16,17)18)10(19)8-2-6-1-7(4-8)5-9(10)3-6;14-11(15)10(20-12(11,19)13(16,17)18)8-2-6-1-7(4-8)5-9(10)3-6/h9-12H,1,3-7H2,2H3;6-9,19-21H,1-5H2;6-9,19H,1-5H2. The molecule has 0 aromatic heterocycles. The van der Waals surface area contributed by atoms with E-state index in [1.165, 1.54) is 0 Å². The molecule has 4 N–H and O–H groups in total. The van der Waals surface area contributed by atoms with Crippen LogP contribution in [-0.4, -0.2) is 96.9 Å². The molecule has 0 aromatic carbocycles. The van der Waals surface area contributed by atoms with Gasteiger partial charge in [-0.15, -0.1) is 0 Å². The number of rotatable bonds is 4. The summed E-state index contributed by atoms with van der Waals surface area (Å²) in [5.74, 6) is -31.9. The maximum absolute atomic E-state index is 15.2. The first-order valence-corrected chi connectivity index (χ1v) is 22.5. The zero-order valence-electron chi connectivity index (χ0n) is 35.3. The number of carbonyl (C=O) groups is 1. The molecule has 66 heavy (non-hydrogen) atoms. The molecule has 2 atom stereocenters. The van der Waals surface area contributed by atoms with E-state index in [9.17, 15) is 72.1 Å². The number of halogens is 15. The van der Waals surface area contributed by atoms with E-state index in [2.05, 4.69) is 16.1 Å². The molecule has 14 fully saturated rings. The van der Waals surface area contributed by atoms with E-state index >= 15 is 8.78 Å². The Morgan fingerprint density at radius 1 is 0.530 bits per heavy atom. The van der Waals surface area contributed by atoms with E-state index in [0.29, 0.717) is 63.2 Å². The third kappa shape index (κ3) is 5.99. The topological polar surface area (TPSA) is 126 Å². The molecule has 0 aromatic rings. The van der Waals surface area contributed by atoms with Gasteiger partial charge < -0.3 is 34.6 Å². The maximum atomic E-state index is 15.2. The van der Waals surface area contributed by atoms with Crippen molar-refractivity contribution in [1.82, 2.24) is 0 Å². The number of aliphatic hydroxyl groups is 4. The SMILES string of the molecule is C=C(C)C(=O)OC1(C(F)(F)F)OC2(C3CC4CC(C3)CC2C4)C1(F)F.OC1(C(F)(F)C(O)(O)C(F)(F)F)C2CC3CC(C2)CC1C3.OC1(C(F)(F)F)OC2(C3CC4CC(C3)CC2C4)C1(F)F. The molecule has 0 radical (unpaired) electrons. The first kappa shape index (κ1) is 48.9. The molecular formula is C43H51F15O8. The van der Waals surface area contributed by atoms with E-state index < -0.39 is 118 Å². The number of ether oxygens (including phenoxy) is 3. The van der Waals surface area contributed by atoms with Crippen molar-refractivity contribution in [1.29, 1.82) is 0 Å². The Kier molecular flexibility index (Phi) is 10.6. The van der Waals surface area contributed by atoms with Gasteiger partial charge in [-0.25, -0.2) is 4.79 Å². The molecular weight excluding hydrogens is 929 g/mol. The lowest BCUT2D eigenvalue weighted by Crippen LogP contribution is -2.89. The first-order chi connectivity index (χ1) is 30.0. The summed E-state index contributed by atoms with van der Waals surface area (Å²) in [4.78, 5) is 11.6. The third-order valence-electron chi connectivity index (χ3n) is 18.2. The molecule has 376 valence electrons. The second-order valence-electron chi connectivity index (χ2n) is 21.8. The average molecular weight is 981 g/mol. The highest BCUT2D eigenvalue weighted by molar-refractivity contribution is 5.87. The summed E-state index contributed by atoms with van der Waals surface area (Å²) < 4.78 is 219. The summed E-state index contributed by atoms with van der Waals surface area (Å²) in [5.41, 5.74) is -7.68. The zero-order valence-corrected chi connectivity index (χ0v) is 35.3. The average Bonchev–Trinajstić information content (AvgIpc) is 3.17. The molecule has 14 aliphatic rings. The van der Waals surface area contributed by atoms with Crippen molar-refractivity contribution in [3.05, 3.63) is 12.2 Å². The van der Waals surface area contributed by atoms with Crippen molar-refractivity contribution in [3.8, 4) is 0 Å². The van der Waals surface area contributed by atoms with Gasteiger partial charge in [0.05, 0.1) is 0 Å². The van der Waals surface area contributed by atoms with E-state index in [1.54, 1.807) is 0 Å². The van der Waals surface area contributed by atoms with E-state index in [1.807, 2.05) is 0 Å². The number of hydrogen-bond donors (Lipinski definition) is 4. The van der Waals surface area contributed by atoms with Gasteiger partial charge in [-0.05, 0) is 174 Å². The van der Waals surface area contributed by atoms with Crippen LogP contribution in [-0.2, 0) is 19.0 Å². The highest BCUT2D eigenvalue weighted by Crippen LogP contribution is 2.75. The third-order valence-corrected chi connectivity index (χ3v) is 18.2. The van der Waals surface area contributed by atoms with Gasteiger partial charge in [0.25, 0.3) is 0 Å². The zero-order chi connectivity index (χ0) is 48.8. The summed E-state index contributed by atoms with van der Waals surface area (Å²) in [7, 11) is 0. The van der Waals surface area contributed by atoms with Gasteiger partial charge in [0.2, 0.25) is 0 Å². The number of hydrogen-bond acceptors (Lipinski definition) is 8. The minimum Gasteiger partial charge on any atom is -0.414 e. The minimum atomic E-state index is -5.94. The van der Waals surface area contributed by atoms with Crippen molar-refractivity contribution in [3.63, 3.8) is 0 Å². The van der Waals surface area contributed by atoms with E-state index in [-0.39, 0.29) is 49.4 Å². The molecule has 23 heteroatoms. The molecule has 14 rings (SSSR count). The van der Waals surface area contributed by atoms with Crippen LogP contribution in [0.3, 0.4) is 0 Å². The molecule has 2 spiro atoms. The fourth-order valence-electron chi connectivity index (χ4n) is 16.0. The van der Waals surface area contributed by atoms with Crippen LogP contribution in [0.5, 0.6) is 0 Å². The Balaban J connectivity index is 0.000000125. The Bertz CT molecular complexity index is 1900. The van der Waals surface area contributed by atoms with Crippen molar-refractivity contribution >= 4 is 5.97 Å². The summed E-state index contributed by atoms with van der Waals surface area (Å²) in [5, 5.41) is 37.9. The number of carbonyl (C=O) groups excluding carboxylic acids is 1. The molecule has 8 nitrogen and oxygen atoms in total. The Morgan fingerprint density at radius 3 is 1.11 bits per heavy atom. The largest absolute Gasteiger partial charge is 0.462 e. The van der Waals surface area contributed by atoms with Crippen molar-refractivity contribution in [2.75, 3.05) is 0 Å². The Morgan fingerprint density at radius 2 is 0.848 bits per heavy atom. The van der Waals surface area contributed by atoms with Gasteiger partial charge in [-0.1, -0.05) is 6.58 Å². The lowest BCUT2D eigenvalue weighted by molar-refractivity contribution is -0.580.